The summed E-state index contributed by atoms with van der Waals surface area (Å²) in [5.41, 5.74) is 0. The maximum atomic E-state index is 10.5. The van der Waals surface area contributed by atoms with E-state index in [9.17, 15) is 28.8 Å². The quantitative estimate of drug-likeness (QED) is 0.564. The van der Waals surface area contributed by atoms with Crippen molar-refractivity contribution in [1.82, 2.24) is 0 Å². The van der Waals surface area contributed by atoms with E-state index in [1.165, 1.54) is 13.8 Å². The fraction of sp³-hybridized carbons (Fsp3) is 0.647. The normalized spacial score (nSPS) is 8.80. The average Bonchev–Trinajstić information content (AvgIpc) is 2.36. The number of rotatable bonds is 10. The largest absolute Gasteiger partial charge is 0.481 e. The first kappa shape index (κ1) is 27.5. The Bertz CT molecular complexity index is 423. The van der Waals surface area contributed by atoms with Gasteiger partial charge in [0.2, 0.25) is 0 Å². The maximum absolute atomic E-state index is 10.5. The molecule has 8 heteroatoms. The lowest BCUT2D eigenvalue weighted by Gasteiger charge is -1.90. The van der Waals surface area contributed by atoms with Crippen LogP contribution in [0.1, 0.15) is 72.6 Å². The Morgan fingerprint density at radius 2 is 0.880 bits per heavy atom. The van der Waals surface area contributed by atoms with Crippen molar-refractivity contribution in [3.63, 3.8) is 0 Å². The van der Waals surface area contributed by atoms with Gasteiger partial charge < -0.3 is 10.2 Å². The molecule has 0 bridgehead atoms. The Kier molecular flexibility index (Phi) is 19.7. The first-order valence-corrected chi connectivity index (χ1v) is 7.91. The highest BCUT2D eigenvalue weighted by Crippen LogP contribution is 1.93. The zero-order valence-corrected chi connectivity index (χ0v) is 15.3. The molecule has 0 radical (unpaired) electrons. The molecular weight excluding hydrogens is 332 g/mol. The Morgan fingerprint density at radius 3 is 1.00 bits per heavy atom. The van der Waals surface area contributed by atoms with E-state index in [-0.39, 0.29) is 42.4 Å². The van der Waals surface area contributed by atoms with E-state index < -0.39 is 11.9 Å². The van der Waals surface area contributed by atoms with Crippen LogP contribution in [0, 0.1) is 0 Å². The van der Waals surface area contributed by atoms with Crippen molar-refractivity contribution in [2.45, 2.75) is 72.6 Å². The van der Waals surface area contributed by atoms with Gasteiger partial charge in [-0.3, -0.25) is 28.8 Å². The molecule has 2 N–H and O–H groups in total. The number of carboxylic acids is 2. The first-order valence-electron chi connectivity index (χ1n) is 7.91. The number of aliphatic carboxylic acids is 2. The van der Waals surface area contributed by atoms with Crippen LogP contribution >= 0.6 is 0 Å². The highest BCUT2D eigenvalue weighted by molar-refractivity contribution is 5.96. The summed E-state index contributed by atoms with van der Waals surface area (Å²) in [6.07, 6.45) is 1.65. The average molecular weight is 360 g/mol. The SMILES string of the molecule is CC(=O)CC(C)=O.CCCC(=O)CC(=O)O.CCCC(=O)CC(=O)O. The minimum atomic E-state index is -1.03. The number of carboxylic acid groups (broad SMARTS) is 2. The van der Waals surface area contributed by atoms with Gasteiger partial charge in [-0.2, -0.15) is 0 Å². The summed E-state index contributed by atoms with van der Waals surface area (Å²) < 4.78 is 0. The molecule has 0 atom stereocenters. The molecule has 0 saturated carbocycles. The second kappa shape index (κ2) is 18.0. The van der Waals surface area contributed by atoms with Crippen LogP contribution in [0.25, 0.3) is 0 Å². The third-order valence-electron chi connectivity index (χ3n) is 2.25. The second-order valence-electron chi connectivity index (χ2n) is 5.30. The topological polar surface area (TPSA) is 143 Å². The molecule has 0 rings (SSSR count). The molecule has 0 saturated heterocycles. The van der Waals surface area contributed by atoms with Crippen LogP contribution in [-0.2, 0) is 28.8 Å². The van der Waals surface area contributed by atoms with E-state index in [1.54, 1.807) is 0 Å². The Labute approximate surface area is 147 Å². The van der Waals surface area contributed by atoms with E-state index in [4.69, 9.17) is 10.2 Å². The molecular formula is C17H28O8. The Hall–Kier alpha value is -2.38. The molecule has 0 fully saturated rings. The van der Waals surface area contributed by atoms with Crippen molar-refractivity contribution < 1.29 is 39.0 Å². The summed E-state index contributed by atoms with van der Waals surface area (Å²) in [6.45, 7) is 6.50. The van der Waals surface area contributed by atoms with Crippen molar-refractivity contribution in [2.75, 3.05) is 0 Å². The van der Waals surface area contributed by atoms with Crippen molar-refractivity contribution in [3.05, 3.63) is 0 Å². The van der Waals surface area contributed by atoms with Gasteiger partial charge in [0.15, 0.2) is 0 Å². The third-order valence-corrected chi connectivity index (χ3v) is 2.25. The van der Waals surface area contributed by atoms with Crippen molar-refractivity contribution >= 4 is 35.1 Å². The van der Waals surface area contributed by atoms with Gasteiger partial charge in [0.25, 0.3) is 0 Å². The fourth-order valence-electron chi connectivity index (χ4n) is 1.42. The molecule has 0 aliphatic heterocycles. The lowest BCUT2D eigenvalue weighted by atomic mass is 10.2. The van der Waals surface area contributed by atoms with Crippen LogP contribution in [0.3, 0.4) is 0 Å². The summed E-state index contributed by atoms with van der Waals surface area (Å²) >= 11 is 0. The molecule has 8 nitrogen and oxygen atoms in total. The zero-order chi connectivity index (χ0) is 20.4. The molecule has 144 valence electrons. The monoisotopic (exact) mass is 360 g/mol. The predicted octanol–water partition coefficient (Wildman–Crippen LogP) is 2.22. The number of carbonyl (C=O) groups excluding carboxylic acids is 4. The summed E-state index contributed by atoms with van der Waals surface area (Å²) in [6, 6.07) is 0. The Morgan fingerprint density at radius 1 is 0.600 bits per heavy atom. The molecule has 0 aromatic rings. The van der Waals surface area contributed by atoms with Gasteiger partial charge in [-0.25, -0.2) is 0 Å². The molecule has 0 aliphatic rings. The molecule has 0 amide bonds. The van der Waals surface area contributed by atoms with Gasteiger partial charge in [0, 0.05) is 12.8 Å². The van der Waals surface area contributed by atoms with E-state index in [1.807, 2.05) is 13.8 Å². The predicted molar refractivity (Wildman–Crippen MR) is 90.3 cm³/mol. The number of hydrogen-bond donors (Lipinski definition) is 2. The van der Waals surface area contributed by atoms with E-state index in [0.717, 1.165) is 12.8 Å². The van der Waals surface area contributed by atoms with Crippen LogP contribution in [0.2, 0.25) is 0 Å². The zero-order valence-electron chi connectivity index (χ0n) is 15.3. The highest BCUT2D eigenvalue weighted by Gasteiger charge is 2.05. The lowest BCUT2D eigenvalue weighted by molar-refractivity contribution is -0.141. The summed E-state index contributed by atoms with van der Waals surface area (Å²) in [5.74, 6) is -2.57. The molecule has 0 aliphatic carbocycles. The van der Waals surface area contributed by atoms with Gasteiger partial charge in [0.05, 0.1) is 6.42 Å². The standard InChI is InChI=1S/2C6H10O3.C5H8O2/c2*1-2-3-5(7)4-6(8)9;1-4(6)3-5(2)7/h2*2-4H2,1H3,(H,8,9);3H2,1-2H3. The van der Waals surface area contributed by atoms with Crippen molar-refractivity contribution in [1.29, 1.82) is 0 Å². The second-order valence-corrected chi connectivity index (χ2v) is 5.30. The minimum absolute atomic E-state index is 0.0625. The fourth-order valence-corrected chi connectivity index (χ4v) is 1.42. The number of ketones is 4. The number of Topliss-reactive ketones (excluding diaryl/α,β-unsaturated/α-hetero) is 4. The highest BCUT2D eigenvalue weighted by atomic mass is 16.4. The van der Waals surface area contributed by atoms with Crippen LogP contribution in [0.5, 0.6) is 0 Å². The lowest BCUT2D eigenvalue weighted by Crippen LogP contribution is -2.05. The summed E-state index contributed by atoms with van der Waals surface area (Å²) in [7, 11) is 0. The molecule has 0 aromatic heterocycles. The molecule has 25 heavy (non-hydrogen) atoms. The smallest absolute Gasteiger partial charge is 0.310 e. The van der Waals surface area contributed by atoms with E-state index in [2.05, 4.69) is 0 Å². The number of carbonyl (C=O) groups is 6. The van der Waals surface area contributed by atoms with Crippen LogP contribution in [0.4, 0.5) is 0 Å². The summed E-state index contributed by atoms with van der Waals surface area (Å²) in [5, 5.41) is 16.2. The van der Waals surface area contributed by atoms with Gasteiger partial charge >= 0.3 is 11.9 Å². The Balaban J connectivity index is -0.000000293. The van der Waals surface area contributed by atoms with Crippen molar-refractivity contribution in [3.8, 4) is 0 Å². The maximum Gasteiger partial charge on any atom is 0.310 e. The van der Waals surface area contributed by atoms with Gasteiger partial charge in [-0.05, 0) is 26.7 Å². The van der Waals surface area contributed by atoms with Gasteiger partial charge in [-0.15, -0.1) is 0 Å². The van der Waals surface area contributed by atoms with Gasteiger partial charge in [0.1, 0.15) is 36.0 Å². The van der Waals surface area contributed by atoms with Crippen LogP contribution in [-0.4, -0.2) is 45.3 Å². The van der Waals surface area contributed by atoms with Gasteiger partial charge in [-0.1, -0.05) is 13.8 Å². The number of hydrogen-bond acceptors (Lipinski definition) is 6. The molecule has 0 spiro atoms. The molecule has 0 unspecified atom stereocenters. The summed E-state index contributed by atoms with van der Waals surface area (Å²) in [4.78, 5) is 60.7. The van der Waals surface area contributed by atoms with Crippen LogP contribution < -0.4 is 0 Å². The third kappa shape index (κ3) is 34.1. The van der Waals surface area contributed by atoms with E-state index in [0.29, 0.717) is 12.8 Å². The minimum Gasteiger partial charge on any atom is -0.481 e. The van der Waals surface area contributed by atoms with Crippen molar-refractivity contribution in [2.24, 2.45) is 0 Å². The first-order chi connectivity index (χ1) is 11.5. The molecule has 0 aromatic carbocycles. The van der Waals surface area contributed by atoms with Crippen LogP contribution in [0.15, 0.2) is 0 Å². The van der Waals surface area contributed by atoms with E-state index >= 15 is 0 Å². The molecule has 0 heterocycles.